The van der Waals surface area contributed by atoms with Crippen LogP contribution in [0.3, 0.4) is 0 Å². The Balaban J connectivity index is 3.28. The molecule has 0 heterocycles. The second-order valence-corrected chi connectivity index (χ2v) is 3.12. The SMILES string of the molecule is N#Cc1cc(N)cc(CC(=O)O)c1OC(F)F. The number of nitrogens with two attached hydrogens (primary N) is 1. The van der Waals surface area contributed by atoms with Crippen molar-refractivity contribution in [3.63, 3.8) is 0 Å². The van der Waals surface area contributed by atoms with E-state index >= 15 is 0 Å². The molecular formula is C10H8F2N2O3. The van der Waals surface area contributed by atoms with Crippen LogP contribution in [0.5, 0.6) is 5.75 Å². The highest BCUT2D eigenvalue weighted by atomic mass is 19.3. The number of hydrogen-bond donors (Lipinski definition) is 2. The third kappa shape index (κ3) is 3.31. The Morgan fingerprint density at radius 1 is 1.59 bits per heavy atom. The van der Waals surface area contributed by atoms with E-state index in [1.54, 1.807) is 6.07 Å². The molecule has 3 N–H and O–H groups in total. The summed E-state index contributed by atoms with van der Waals surface area (Å²) in [6, 6.07) is 3.95. The topological polar surface area (TPSA) is 96.3 Å². The molecule has 17 heavy (non-hydrogen) atoms. The van der Waals surface area contributed by atoms with Gasteiger partial charge in [0.2, 0.25) is 0 Å². The quantitative estimate of drug-likeness (QED) is 0.777. The maximum Gasteiger partial charge on any atom is 0.387 e. The summed E-state index contributed by atoms with van der Waals surface area (Å²) in [5.41, 5.74) is 5.25. The molecule has 0 spiro atoms. The highest BCUT2D eigenvalue weighted by Gasteiger charge is 2.17. The fourth-order valence-electron chi connectivity index (χ4n) is 1.32. The predicted octanol–water partition coefficient (Wildman–Crippen LogP) is 1.37. The number of halogens is 2. The first-order valence-corrected chi connectivity index (χ1v) is 4.43. The summed E-state index contributed by atoms with van der Waals surface area (Å²) in [7, 11) is 0. The molecule has 0 radical (unpaired) electrons. The molecule has 7 heteroatoms. The number of benzene rings is 1. The molecule has 90 valence electrons. The van der Waals surface area contributed by atoms with Crippen LogP contribution < -0.4 is 10.5 Å². The van der Waals surface area contributed by atoms with E-state index in [1.165, 1.54) is 6.07 Å². The van der Waals surface area contributed by atoms with Gasteiger partial charge in [0.05, 0.1) is 12.0 Å². The van der Waals surface area contributed by atoms with Gasteiger partial charge in [0.25, 0.3) is 0 Å². The molecule has 5 nitrogen and oxygen atoms in total. The number of rotatable bonds is 4. The van der Waals surface area contributed by atoms with Gasteiger partial charge < -0.3 is 15.6 Å². The standard InChI is InChI=1S/C10H8F2N2O3/c11-10(12)17-9-5(3-8(15)16)1-7(14)2-6(9)4-13/h1-2,10H,3,14H2,(H,15,16). The summed E-state index contributed by atoms with van der Waals surface area (Å²) >= 11 is 0. The minimum Gasteiger partial charge on any atom is -0.481 e. The van der Waals surface area contributed by atoms with Crippen LogP contribution >= 0.6 is 0 Å². The van der Waals surface area contributed by atoms with Crippen molar-refractivity contribution in [1.29, 1.82) is 5.26 Å². The third-order valence-electron chi connectivity index (χ3n) is 1.86. The number of nitrogens with zero attached hydrogens (tertiary/aromatic N) is 1. The highest BCUT2D eigenvalue weighted by molar-refractivity contribution is 5.73. The number of nitriles is 1. The van der Waals surface area contributed by atoms with E-state index in [2.05, 4.69) is 4.74 Å². The number of ether oxygens (including phenoxy) is 1. The van der Waals surface area contributed by atoms with Crippen molar-refractivity contribution in [2.24, 2.45) is 0 Å². The first kappa shape index (κ1) is 12.7. The summed E-state index contributed by atoms with van der Waals surface area (Å²) in [5.74, 6) is -1.68. The Hall–Kier alpha value is -2.36. The largest absolute Gasteiger partial charge is 0.481 e. The van der Waals surface area contributed by atoms with Gasteiger partial charge in [0, 0.05) is 11.3 Å². The lowest BCUT2D eigenvalue weighted by atomic mass is 10.1. The maximum absolute atomic E-state index is 12.1. The lowest BCUT2D eigenvalue weighted by Crippen LogP contribution is -2.10. The molecule has 0 atom stereocenters. The number of anilines is 1. The third-order valence-corrected chi connectivity index (χ3v) is 1.86. The highest BCUT2D eigenvalue weighted by Crippen LogP contribution is 2.28. The van der Waals surface area contributed by atoms with Gasteiger partial charge in [-0.1, -0.05) is 0 Å². The van der Waals surface area contributed by atoms with Crippen LogP contribution in [0.2, 0.25) is 0 Å². The number of nitrogen functional groups attached to an aromatic ring is 1. The number of aliphatic carboxylic acids is 1. The number of alkyl halides is 2. The van der Waals surface area contributed by atoms with Crippen molar-refractivity contribution >= 4 is 11.7 Å². The average Bonchev–Trinajstić information content (AvgIpc) is 2.20. The smallest absolute Gasteiger partial charge is 0.387 e. The molecule has 0 amide bonds. The van der Waals surface area contributed by atoms with E-state index in [4.69, 9.17) is 16.1 Å². The molecule has 0 aliphatic heterocycles. The molecular weight excluding hydrogens is 234 g/mol. The predicted molar refractivity (Wildman–Crippen MR) is 53.5 cm³/mol. The number of hydrogen-bond acceptors (Lipinski definition) is 4. The zero-order valence-corrected chi connectivity index (χ0v) is 8.48. The summed E-state index contributed by atoms with van der Waals surface area (Å²) in [6.45, 7) is -3.14. The molecule has 0 saturated heterocycles. The van der Waals surface area contributed by atoms with Gasteiger partial charge in [-0.3, -0.25) is 4.79 Å². The fraction of sp³-hybridized carbons (Fsp3) is 0.200. The van der Waals surface area contributed by atoms with Crippen LogP contribution in [0, 0.1) is 11.3 Å². The monoisotopic (exact) mass is 242 g/mol. The van der Waals surface area contributed by atoms with E-state index in [0.29, 0.717) is 0 Å². The van der Waals surface area contributed by atoms with Gasteiger partial charge in [-0.05, 0) is 12.1 Å². The Labute approximate surface area is 95.0 Å². The molecule has 0 unspecified atom stereocenters. The molecule has 0 saturated carbocycles. The van der Waals surface area contributed by atoms with E-state index in [-0.39, 0.29) is 16.8 Å². The van der Waals surface area contributed by atoms with Crippen LogP contribution in [0.4, 0.5) is 14.5 Å². The number of carboxylic acid groups (broad SMARTS) is 1. The van der Waals surface area contributed by atoms with Crippen molar-refractivity contribution in [2.45, 2.75) is 13.0 Å². The van der Waals surface area contributed by atoms with Crippen molar-refractivity contribution in [3.8, 4) is 11.8 Å². The second-order valence-electron chi connectivity index (χ2n) is 3.12. The maximum atomic E-state index is 12.1. The van der Waals surface area contributed by atoms with E-state index < -0.39 is 24.8 Å². The van der Waals surface area contributed by atoms with Gasteiger partial charge in [0.15, 0.2) is 0 Å². The molecule has 0 aliphatic carbocycles. The minimum atomic E-state index is -3.14. The molecule has 0 bridgehead atoms. The number of carbonyl (C=O) groups is 1. The zero-order chi connectivity index (χ0) is 13.0. The van der Waals surface area contributed by atoms with Gasteiger partial charge in [-0.25, -0.2) is 0 Å². The van der Waals surface area contributed by atoms with E-state index in [1.807, 2.05) is 0 Å². The van der Waals surface area contributed by atoms with Crippen LogP contribution in [-0.4, -0.2) is 17.7 Å². The molecule has 0 fully saturated rings. The molecule has 1 aromatic carbocycles. The van der Waals surface area contributed by atoms with Crippen LogP contribution in [-0.2, 0) is 11.2 Å². The first-order valence-electron chi connectivity index (χ1n) is 4.43. The van der Waals surface area contributed by atoms with Gasteiger partial charge in [-0.2, -0.15) is 14.0 Å². The van der Waals surface area contributed by atoms with Crippen molar-refractivity contribution in [1.82, 2.24) is 0 Å². The molecule has 0 aromatic heterocycles. The van der Waals surface area contributed by atoms with E-state index in [9.17, 15) is 13.6 Å². The lowest BCUT2D eigenvalue weighted by Gasteiger charge is -2.11. The van der Waals surface area contributed by atoms with Crippen molar-refractivity contribution < 1.29 is 23.4 Å². The fourth-order valence-corrected chi connectivity index (χ4v) is 1.32. The minimum absolute atomic E-state index is 0.0608. The van der Waals surface area contributed by atoms with Gasteiger partial charge in [-0.15, -0.1) is 0 Å². The Kier molecular flexibility index (Phi) is 3.82. The van der Waals surface area contributed by atoms with Crippen molar-refractivity contribution in [3.05, 3.63) is 23.3 Å². The van der Waals surface area contributed by atoms with E-state index in [0.717, 1.165) is 6.07 Å². The average molecular weight is 242 g/mol. The van der Waals surface area contributed by atoms with Crippen LogP contribution in [0.15, 0.2) is 12.1 Å². The Morgan fingerprint density at radius 3 is 2.71 bits per heavy atom. The molecule has 1 rings (SSSR count). The van der Waals surface area contributed by atoms with Crippen molar-refractivity contribution in [2.75, 3.05) is 5.73 Å². The number of carboxylic acids is 1. The first-order chi connectivity index (χ1) is 7.93. The summed E-state index contributed by atoms with van der Waals surface area (Å²) in [6.07, 6.45) is -0.554. The lowest BCUT2D eigenvalue weighted by molar-refractivity contribution is -0.136. The summed E-state index contributed by atoms with van der Waals surface area (Å²) in [5, 5.41) is 17.3. The summed E-state index contributed by atoms with van der Waals surface area (Å²) in [4.78, 5) is 10.6. The Bertz CT molecular complexity index is 483. The molecule has 1 aromatic rings. The second kappa shape index (κ2) is 5.12. The summed E-state index contributed by atoms with van der Waals surface area (Å²) < 4.78 is 28.4. The zero-order valence-electron chi connectivity index (χ0n) is 8.48. The molecule has 0 aliphatic rings. The van der Waals surface area contributed by atoms with Crippen LogP contribution in [0.25, 0.3) is 0 Å². The van der Waals surface area contributed by atoms with Gasteiger partial charge in [0.1, 0.15) is 11.8 Å². The normalized spacial score (nSPS) is 10.0. The van der Waals surface area contributed by atoms with Gasteiger partial charge >= 0.3 is 12.6 Å². The Morgan fingerprint density at radius 2 is 2.24 bits per heavy atom. The van der Waals surface area contributed by atoms with Crippen LogP contribution in [0.1, 0.15) is 11.1 Å².